The topological polar surface area (TPSA) is 44.8 Å². The summed E-state index contributed by atoms with van der Waals surface area (Å²) in [6.45, 7) is 9.35. The number of carbonyl (C=O) groups excluding carboxylic acids is 1. The van der Waals surface area contributed by atoms with Crippen molar-refractivity contribution in [2.24, 2.45) is 0 Å². The minimum absolute atomic E-state index is 0.160. The van der Waals surface area contributed by atoms with Gasteiger partial charge in [-0.05, 0) is 69.2 Å². The normalized spacial score (nSPS) is 10.8. The van der Waals surface area contributed by atoms with Gasteiger partial charge in [0.05, 0.1) is 19.8 Å². The van der Waals surface area contributed by atoms with Crippen molar-refractivity contribution >= 4 is 11.9 Å². The van der Waals surface area contributed by atoms with Gasteiger partial charge in [0.2, 0.25) is 0 Å². The zero-order chi connectivity index (χ0) is 19.6. The molecule has 0 atom stereocenters. The number of allylic oxidation sites excluding steroid dienone is 1. The zero-order valence-electron chi connectivity index (χ0n) is 16.6. The number of benzene rings is 2. The van der Waals surface area contributed by atoms with Crippen LogP contribution in [0.15, 0.2) is 42.5 Å². The van der Waals surface area contributed by atoms with E-state index in [4.69, 9.17) is 14.2 Å². The van der Waals surface area contributed by atoms with Gasteiger partial charge >= 0.3 is 0 Å². The van der Waals surface area contributed by atoms with Gasteiger partial charge in [0.25, 0.3) is 0 Å². The van der Waals surface area contributed by atoms with E-state index in [2.05, 4.69) is 6.92 Å². The van der Waals surface area contributed by atoms with Crippen LogP contribution in [0.5, 0.6) is 17.2 Å². The fourth-order valence-electron chi connectivity index (χ4n) is 2.79. The van der Waals surface area contributed by atoms with Crippen molar-refractivity contribution in [1.29, 1.82) is 0 Å². The maximum Gasteiger partial charge on any atom is 0.193 e. The molecular formula is C23H28O4. The Balaban J connectivity index is 2.39. The van der Waals surface area contributed by atoms with E-state index >= 15 is 0 Å². The molecule has 4 nitrogen and oxygen atoms in total. The third-order valence-corrected chi connectivity index (χ3v) is 4.03. The summed E-state index contributed by atoms with van der Waals surface area (Å²) < 4.78 is 17.0. The first-order valence-electron chi connectivity index (χ1n) is 9.51. The van der Waals surface area contributed by atoms with E-state index in [9.17, 15) is 4.79 Å². The second-order valence-electron chi connectivity index (χ2n) is 5.85. The quantitative estimate of drug-likeness (QED) is 0.419. The van der Waals surface area contributed by atoms with Crippen LogP contribution in [0.4, 0.5) is 0 Å². The predicted octanol–water partition coefficient (Wildman–Crippen LogP) is 5.34. The molecule has 2 aromatic carbocycles. The Morgan fingerprint density at radius 3 is 2.00 bits per heavy atom. The lowest BCUT2D eigenvalue weighted by Crippen LogP contribution is -2.06. The van der Waals surface area contributed by atoms with Gasteiger partial charge < -0.3 is 14.2 Å². The highest BCUT2D eigenvalue weighted by Gasteiger charge is 2.17. The zero-order valence-corrected chi connectivity index (χ0v) is 16.6. The van der Waals surface area contributed by atoms with Crippen molar-refractivity contribution < 1.29 is 19.0 Å². The largest absolute Gasteiger partial charge is 0.493 e. The first kappa shape index (κ1) is 20.6. The Labute approximate surface area is 161 Å². The van der Waals surface area contributed by atoms with E-state index < -0.39 is 0 Å². The maximum absolute atomic E-state index is 12.9. The van der Waals surface area contributed by atoms with Crippen LogP contribution < -0.4 is 14.2 Å². The first-order chi connectivity index (χ1) is 13.1. The highest BCUT2D eigenvalue weighted by Crippen LogP contribution is 2.30. The molecule has 0 radical (unpaired) electrons. The van der Waals surface area contributed by atoms with Crippen molar-refractivity contribution in [3.63, 3.8) is 0 Å². The van der Waals surface area contributed by atoms with E-state index in [-0.39, 0.29) is 5.78 Å². The second-order valence-corrected chi connectivity index (χ2v) is 5.85. The van der Waals surface area contributed by atoms with Crippen LogP contribution in [0.1, 0.15) is 49.2 Å². The van der Waals surface area contributed by atoms with Crippen molar-refractivity contribution in [2.45, 2.75) is 34.1 Å². The van der Waals surface area contributed by atoms with Crippen LogP contribution >= 0.6 is 0 Å². The summed E-state index contributed by atoms with van der Waals surface area (Å²) in [5, 5.41) is 0. The Hall–Kier alpha value is -2.75. The number of ether oxygens (including phenoxy) is 3. The molecule has 27 heavy (non-hydrogen) atoms. The number of rotatable bonds is 10. The SMILES string of the molecule is CCOc1ccc(CC)cc1/C=C/C(=O)c1c(OCC)cccc1OCC. The lowest BCUT2D eigenvalue weighted by Gasteiger charge is -2.13. The van der Waals surface area contributed by atoms with E-state index in [1.807, 2.05) is 45.0 Å². The van der Waals surface area contributed by atoms with Gasteiger partial charge in [-0.15, -0.1) is 0 Å². The first-order valence-corrected chi connectivity index (χ1v) is 9.51. The third-order valence-electron chi connectivity index (χ3n) is 4.03. The van der Waals surface area contributed by atoms with Crippen molar-refractivity contribution in [3.8, 4) is 17.2 Å². The van der Waals surface area contributed by atoms with E-state index in [0.717, 1.165) is 17.7 Å². The molecule has 0 aromatic heterocycles. The average Bonchev–Trinajstić information content (AvgIpc) is 2.68. The molecule has 2 aromatic rings. The summed E-state index contributed by atoms with van der Waals surface area (Å²) in [6, 6.07) is 11.4. The molecule has 0 unspecified atom stereocenters. The molecule has 0 N–H and O–H groups in total. The number of hydrogen-bond acceptors (Lipinski definition) is 4. The fraction of sp³-hybridized carbons (Fsp3) is 0.348. The maximum atomic E-state index is 12.9. The molecule has 0 aliphatic heterocycles. The summed E-state index contributed by atoms with van der Waals surface area (Å²) in [5.74, 6) is 1.67. The van der Waals surface area contributed by atoms with Crippen LogP contribution in [0.25, 0.3) is 6.08 Å². The van der Waals surface area contributed by atoms with Gasteiger partial charge in [-0.1, -0.05) is 19.1 Å². The molecule has 0 aliphatic carbocycles. The molecule has 0 amide bonds. The molecule has 0 aliphatic rings. The second kappa shape index (κ2) is 10.4. The lowest BCUT2D eigenvalue weighted by molar-refractivity contribution is 0.104. The van der Waals surface area contributed by atoms with E-state index in [1.54, 1.807) is 24.3 Å². The Bertz CT molecular complexity index is 769. The number of hydrogen-bond donors (Lipinski definition) is 0. The van der Waals surface area contributed by atoms with Crippen LogP contribution in [-0.2, 0) is 6.42 Å². The average molecular weight is 368 g/mol. The third kappa shape index (κ3) is 5.36. The summed E-state index contributed by atoms with van der Waals surface area (Å²) in [6.07, 6.45) is 4.27. The molecule has 0 bridgehead atoms. The summed E-state index contributed by atoms with van der Waals surface area (Å²) in [5.41, 5.74) is 2.52. The summed E-state index contributed by atoms with van der Waals surface area (Å²) in [4.78, 5) is 12.9. The molecule has 2 rings (SSSR count). The monoisotopic (exact) mass is 368 g/mol. The molecule has 0 spiro atoms. The van der Waals surface area contributed by atoms with Gasteiger partial charge in [-0.3, -0.25) is 4.79 Å². The fourth-order valence-corrected chi connectivity index (χ4v) is 2.79. The van der Waals surface area contributed by atoms with Crippen molar-refractivity contribution in [3.05, 3.63) is 59.2 Å². The Morgan fingerprint density at radius 1 is 0.852 bits per heavy atom. The molecule has 0 saturated heterocycles. The van der Waals surface area contributed by atoms with Gasteiger partial charge in [-0.2, -0.15) is 0 Å². The number of ketones is 1. The van der Waals surface area contributed by atoms with Crippen LogP contribution in [0.3, 0.4) is 0 Å². The number of carbonyl (C=O) groups is 1. The van der Waals surface area contributed by atoms with Gasteiger partial charge in [0.15, 0.2) is 5.78 Å². The lowest BCUT2D eigenvalue weighted by atomic mass is 10.0. The minimum atomic E-state index is -0.160. The van der Waals surface area contributed by atoms with Crippen LogP contribution in [0.2, 0.25) is 0 Å². The Morgan fingerprint density at radius 2 is 1.44 bits per heavy atom. The van der Waals surface area contributed by atoms with Crippen molar-refractivity contribution in [2.75, 3.05) is 19.8 Å². The standard InChI is InChI=1S/C23H28O4/c1-5-17-12-15-20(25-6-2)18(16-17)13-14-19(24)23-21(26-7-3)10-9-11-22(23)27-8-4/h9-16H,5-8H2,1-4H3/b14-13+. The molecule has 0 saturated carbocycles. The van der Waals surface area contributed by atoms with Crippen molar-refractivity contribution in [1.82, 2.24) is 0 Å². The summed E-state index contributed by atoms with van der Waals surface area (Å²) in [7, 11) is 0. The molecule has 144 valence electrons. The molecule has 4 heteroatoms. The van der Waals surface area contributed by atoms with Crippen LogP contribution in [0, 0.1) is 0 Å². The minimum Gasteiger partial charge on any atom is -0.493 e. The molecular weight excluding hydrogens is 340 g/mol. The summed E-state index contributed by atoms with van der Waals surface area (Å²) >= 11 is 0. The van der Waals surface area contributed by atoms with Gasteiger partial charge in [0, 0.05) is 5.56 Å². The highest BCUT2D eigenvalue weighted by molar-refractivity contribution is 6.10. The highest BCUT2D eigenvalue weighted by atomic mass is 16.5. The van der Waals surface area contributed by atoms with E-state index in [0.29, 0.717) is 36.9 Å². The molecule has 0 fully saturated rings. The number of aryl methyl sites for hydroxylation is 1. The Kier molecular flexibility index (Phi) is 7.93. The predicted molar refractivity (Wildman–Crippen MR) is 109 cm³/mol. The van der Waals surface area contributed by atoms with E-state index in [1.165, 1.54) is 5.56 Å². The van der Waals surface area contributed by atoms with Crippen LogP contribution in [-0.4, -0.2) is 25.6 Å². The smallest absolute Gasteiger partial charge is 0.193 e. The van der Waals surface area contributed by atoms with Gasteiger partial charge in [-0.25, -0.2) is 0 Å². The van der Waals surface area contributed by atoms with Gasteiger partial charge in [0.1, 0.15) is 22.8 Å². The molecule has 0 heterocycles.